The van der Waals surface area contributed by atoms with Gasteiger partial charge in [0.25, 0.3) is 0 Å². The van der Waals surface area contributed by atoms with Crippen LogP contribution < -0.4 is 9.64 Å². The van der Waals surface area contributed by atoms with Crippen LogP contribution in [-0.4, -0.2) is 54.9 Å². The highest BCUT2D eigenvalue weighted by Gasteiger charge is 2.27. The van der Waals surface area contributed by atoms with E-state index < -0.39 is 0 Å². The molecule has 0 saturated carbocycles. The van der Waals surface area contributed by atoms with Crippen molar-refractivity contribution in [2.24, 2.45) is 11.8 Å². The number of hydrogen-bond acceptors (Lipinski definition) is 6. The van der Waals surface area contributed by atoms with Gasteiger partial charge < -0.3 is 19.1 Å². The molecule has 6 nitrogen and oxygen atoms in total. The molecule has 0 spiro atoms. The average molecular weight is 370 g/mol. The van der Waals surface area contributed by atoms with Crippen molar-refractivity contribution in [3.8, 4) is 17.1 Å². The van der Waals surface area contributed by atoms with Gasteiger partial charge in [0.05, 0.1) is 7.11 Å². The predicted octanol–water partition coefficient (Wildman–Crippen LogP) is 3.69. The van der Waals surface area contributed by atoms with Crippen molar-refractivity contribution in [3.05, 3.63) is 24.3 Å². The monoisotopic (exact) mass is 370 g/mol. The van der Waals surface area contributed by atoms with Crippen LogP contribution in [0.25, 0.3) is 11.4 Å². The SMILES string of the molecule is COc1cccc(-c2noc(N3CCCC(CN4CCC(C)CC4)C3)n2)c1. The maximum Gasteiger partial charge on any atom is 0.324 e. The van der Waals surface area contributed by atoms with Crippen molar-refractivity contribution in [3.63, 3.8) is 0 Å². The maximum atomic E-state index is 5.59. The molecule has 2 aromatic rings. The Bertz CT molecular complexity index is 739. The molecule has 27 heavy (non-hydrogen) atoms. The van der Waals surface area contributed by atoms with Gasteiger partial charge in [-0.1, -0.05) is 24.2 Å². The molecule has 1 aromatic carbocycles. The minimum Gasteiger partial charge on any atom is -0.497 e. The maximum absolute atomic E-state index is 5.59. The first kappa shape index (κ1) is 18.3. The lowest BCUT2D eigenvalue weighted by Gasteiger charge is -2.37. The summed E-state index contributed by atoms with van der Waals surface area (Å²) in [4.78, 5) is 9.55. The number of aromatic nitrogens is 2. The molecule has 3 heterocycles. The number of benzene rings is 1. The Labute approximate surface area is 161 Å². The summed E-state index contributed by atoms with van der Waals surface area (Å²) in [5.74, 6) is 2.99. The van der Waals surface area contributed by atoms with Gasteiger partial charge in [0.2, 0.25) is 5.82 Å². The van der Waals surface area contributed by atoms with Crippen LogP contribution in [0.5, 0.6) is 5.75 Å². The molecule has 1 unspecified atom stereocenters. The fraction of sp³-hybridized carbons (Fsp3) is 0.619. The van der Waals surface area contributed by atoms with Crippen molar-refractivity contribution >= 4 is 6.01 Å². The smallest absolute Gasteiger partial charge is 0.324 e. The van der Waals surface area contributed by atoms with Crippen LogP contribution in [-0.2, 0) is 0 Å². The zero-order valence-corrected chi connectivity index (χ0v) is 16.4. The molecule has 2 fully saturated rings. The Morgan fingerprint density at radius 3 is 2.85 bits per heavy atom. The zero-order valence-electron chi connectivity index (χ0n) is 16.4. The van der Waals surface area contributed by atoms with Crippen LogP contribution in [0, 0.1) is 11.8 Å². The van der Waals surface area contributed by atoms with Gasteiger partial charge in [-0.25, -0.2) is 0 Å². The minimum atomic E-state index is 0.621. The minimum absolute atomic E-state index is 0.621. The Morgan fingerprint density at radius 2 is 2.04 bits per heavy atom. The highest BCUT2D eigenvalue weighted by Crippen LogP contribution is 2.27. The number of rotatable bonds is 5. The van der Waals surface area contributed by atoms with Gasteiger partial charge in [0, 0.05) is 25.2 Å². The molecule has 2 saturated heterocycles. The highest BCUT2D eigenvalue weighted by molar-refractivity contribution is 5.58. The molecule has 0 radical (unpaired) electrons. The van der Waals surface area contributed by atoms with Crippen molar-refractivity contribution in [1.82, 2.24) is 15.0 Å². The first-order valence-corrected chi connectivity index (χ1v) is 10.2. The molecule has 2 aliphatic heterocycles. The van der Waals surface area contributed by atoms with E-state index >= 15 is 0 Å². The first-order valence-electron chi connectivity index (χ1n) is 10.2. The van der Waals surface area contributed by atoms with E-state index in [1.54, 1.807) is 7.11 Å². The fourth-order valence-corrected chi connectivity index (χ4v) is 4.22. The number of methoxy groups -OCH3 is 1. The molecule has 0 aliphatic carbocycles. The second kappa shape index (κ2) is 8.30. The Kier molecular flexibility index (Phi) is 5.62. The second-order valence-corrected chi connectivity index (χ2v) is 8.07. The Balaban J connectivity index is 1.39. The summed E-state index contributed by atoms with van der Waals surface area (Å²) >= 11 is 0. The largest absolute Gasteiger partial charge is 0.497 e. The third-order valence-corrected chi connectivity index (χ3v) is 5.93. The molecule has 1 aromatic heterocycles. The van der Waals surface area contributed by atoms with Crippen LogP contribution in [0.1, 0.15) is 32.6 Å². The van der Waals surface area contributed by atoms with Gasteiger partial charge in [0.15, 0.2) is 0 Å². The summed E-state index contributed by atoms with van der Waals surface area (Å²) in [6, 6.07) is 8.42. The third-order valence-electron chi connectivity index (χ3n) is 5.93. The molecule has 0 amide bonds. The molecular weight excluding hydrogens is 340 g/mol. The lowest BCUT2D eigenvalue weighted by Crippen LogP contribution is -2.43. The number of anilines is 1. The van der Waals surface area contributed by atoms with Crippen molar-refractivity contribution in [2.45, 2.75) is 32.6 Å². The zero-order chi connectivity index (χ0) is 18.6. The van der Waals surface area contributed by atoms with E-state index in [-0.39, 0.29) is 0 Å². The van der Waals surface area contributed by atoms with Crippen LogP contribution >= 0.6 is 0 Å². The normalized spacial score (nSPS) is 22.1. The molecule has 1 atom stereocenters. The molecule has 4 rings (SSSR count). The summed E-state index contributed by atoms with van der Waals surface area (Å²) in [5, 5.41) is 4.19. The quantitative estimate of drug-likeness (QED) is 0.800. The fourth-order valence-electron chi connectivity index (χ4n) is 4.22. The Hall–Kier alpha value is -2.08. The number of nitrogens with zero attached hydrogens (tertiary/aromatic N) is 4. The average Bonchev–Trinajstić information content (AvgIpc) is 3.20. The van der Waals surface area contributed by atoms with Gasteiger partial charge in [-0.15, -0.1) is 0 Å². The van der Waals surface area contributed by atoms with Crippen molar-refractivity contribution in [1.29, 1.82) is 0 Å². The number of piperidine rings is 2. The molecule has 0 N–H and O–H groups in total. The van der Waals surface area contributed by atoms with Crippen LogP contribution in [0.4, 0.5) is 6.01 Å². The summed E-state index contributed by atoms with van der Waals surface area (Å²) in [6.07, 6.45) is 5.15. The summed E-state index contributed by atoms with van der Waals surface area (Å²) < 4.78 is 10.9. The van der Waals surface area contributed by atoms with Gasteiger partial charge in [0.1, 0.15) is 5.75 Å². The van der Waals surface area contributed by atoms with Crippen molar-refractivity contribution in [2.75, 3.05) is 44.7 Å². The standard InChI is InChI=1S/C21H30N4O2/c1-16-8-11-24(12-9-16)14-17-5-4-10-25(15-17)21-22-20(23-27-21)18-6-3-7-19(13-18)26-2/h3,6-7,13,16-17H,4-5,8-12,14-15H2,1-2H3. The number of likely N-dealkylation sites (tertiary alicyclic amines) is 1. The van der Waals surface area contributed by atoms with E-state index in [1.807, 2.05) is 24.3 Å². The van der Waals surface area contributed by atoms with E-state index in [2.05, 4.69) is 26.9 Å². The van der Waals surface area contributed by atoms with Crippen LogP contribution in [0.15, 0.2) is 28.8 Å². The van der Waals surface area contributed by atoms with Gasteiger partial charge in [-0.05, 0) is 62.7 Å². The van der Waals surface area contributed by atoms with E-state index in [0.29, 0.717) is 17.8 Å². The topological polar surface area (TPSA) is 54.6 Å². The van der Waals surface area contributed by atoms with Crippen LogP contribution in [0.3, 0.4) is 0 Å². The summed E-state index contributed by atoms with van der Waals surface area (Å²) in [7, 11) is 1.66. The summed E-state index contributed by atoms with van der Waals surface area (Å²) in [6.45, 7) is 8.06. The highest BCUT2D eigenvalue weighted by atomic mass is 16.5. The van der Waals surface area contributed by atoms with Gasteiger partial charge >= 0.3 is 6.01 Å². The summed E-state index contributed by atoms with van der Waals surface area (Å²) in [5.41, 5.74) is 0.917. The van der Waals surface area contributed by atoms with E-state index in [0.717, 1.165) is 30.3 Å². The number of ether oxygens (including phenoxy) is 1. The van der Waals surface area contributed by atoms with Gasteiger partial charge in [-0.2, -0.15) is 4.98 Å². The van der Waals surface area contributed by atoms with Gasteiger partial charge in [-0.3, -0.25) is 0 Å². The third kappa shape index (κ3) is 4.43. The first-order chi connectivity index (χ1) is 13.2. The lowest BCUT2D eigenvalue weighted by atomic mass is 9.94. The molecule has 6 heteroatoms. The molecule has 146 valence electrons. The second-order valence-electron chi connectivity index (χ2n) is 8.07. The number of hydrogen-bond donors (Lipinski definition) is 0. The van der Waals surface area contributed by atoms with Crippen molar-refractivity contribution < 1.29 is 9.26 Å². The van der Waals surface area contributed by atoms with E-state index in [1.165, 1.54) is 45.3 Å². The van der Waals surface area contributed by atoms with E-state index in [4.69, 9.17) is 9.26 Å². The van der Waals surface area contributed by atoms with Crippen LogP contribution in [0.2, 0.25) is 0 Å². The Morgan fingerprint density at radius 1 is 1.19 bits per heavy atom. The lowest BCUT2D eigenvalue weighted by molar-refractivity contribution is 0.158. The molecule has 0 bridgehead atoms. The van der Waals surface area contributed by atoms with E-state index in [9.17, 15) is 0 Å². The molecule has 2 aliphatic rings. The molecular formula is C21H30N4O2. The predicted molar refractivity (Wildman–Crippen MR) is 106 cm³/mol.